The zero-order valence-electron chi connectivity index (χ0n) is 30.1. The second-order valence-corrected chi connectivity index (χ2v) is 23.7. The van der Waals surface area contributed by atoms with Gasteiger partial charge in [-0.25, -0.2) is 0 Å². The molecule has 0 saturated carbocycles. The Morgan fingerprint density at radius 2 is 0.674 bits per heavy atom. The van der Waals surface area contributed by atoms with Crippen LogP contribution in [0.25, 0.3) is 0 Å². The van der Waals surface area contributed by atoms with Gasteiger partial charge in [0.2, 0.25) is 0 Å². The third-order valence-electron chi connectivity index (χ3n) is 9.18. The molecule has 43 heavy (non-hydrogen) atoms. The summed E-state index contributed by atoms with van der Waals surface area (Å²) in [5.41, 5.74) is 0. The first-order chi connectivity index (χ1) is 20.9. The molecule has 0 aliphatic carbocycles. The van der Waals surface area contributed by atoms with Crippen molar-refractivity contribution in [2.75, 3.05) is 0 Å². The van der Waals surface area contributed by atoms with Crippen molar-refractivity contribution in [3.05, 3.63) is 0 Å². The molecule has 2 unspecified atom stereocenters. The molecule has 0 aromatic heterocycles. The van der Waals surface area contributed by atoms with Crippen molar-refractivity contribution in [2.45, 2.75) is 217 Å². The predicted molar refractivity (Wildman–Crippen MR) is 204 cm³/mol. The second-order valence-electron chi connectivity index (χ2n) is 13.7. The number of hydrogen-bond donors (Lipinski definition) is 0. The molecule has 0 bridgehead atoms. The van der Waals surface area contributed by atoms with Crippen molar-refractivity contribution >= 4 is 53.7 Å². The molecule has 0 saturated heterocycles. The van der Waals surface area contributed by atoms with E-state index in [0.717, 1.165) is 31.8 Å². The van der Waals surface area contributed by atoms with Crippen molar-refractivity contribution in [1.29, 1.82) is 0 Å². The molecule has 0 N–H and O–H groups in total. The molecule has 0 spiro atoms. The number of rotatable bonds is 32. The van der Waals surface area contributed by atoms with E-state index >= 15 is 0 Å². The van der Waals surface area contributed by atoms with E-state index in [4.69, 9.17) is 30.6 Å². The molecule has 5 heteroatoms. The summed E-state index contributed by atoms with van der Waals surface area (Å²) in [6, 6.07) is 0. The van der Waals surface area contributed by atoms with Crippen molar-refractivity contribution in [3.8, 4) is 0 Å². The SMILES string of the molecule is CCCCCCCCC(C)C(=S)[O][Sn]([CH2]CCCCCCC)([CH2]CCCCCCC)[O]C(=S)C(C)CCCCCCCC. The van der Waals surface area contributed by atoms with Gasteiger partial charge in [-0.1, -0.05) is 0 Å². The molecule has 0 aromatic carbocycles. The van der Waals surface area contributed by atoms with Crippen LogP contribution in [0, 0.1) is 11.8 Å². The predicted octanol–water partition coefficient (Wildman–Crippen LogP) is 14.6. The van der Waals surface area contributed by atoms with Gasteiger partial charge >= 0.3 is 289 Å². The van der Waals surface area contributed by atoms with E-state index in [0.29, 0.717) is 11.8 Å². The van der Waals surface area contributed by atoms with Crippen molar-refractivity contribution < 1.29 is 6.15 Å². The van der Waals surface area contributed by atoms with Crippen molar-refractivity contribution in [2.24, 2.45) is 11.8 Å². The van der Waals surface area contributed by atoms with Crippen LogP contribution in [-0.4, -0.2) is 29.3 Å². The van der Waals surface area contributed by atoms with Gasteiger partial charge in [0.05, 0.1) is 0 Å². The molecular weight excluding hydrogens is 671 g/mol. The summed E-state index contributed by atoms with van der Waals surface area (Å²) in [7, 11) is 0. The van der Waals surface area contributed by atoms with E-state index < -0.39 is 19.2 Å². The van der Waals surface area contributed by atoms with Gasteiger partial charge in [0.25, 0.3) is 0 Å². The average molecular weight is 748 g/mol. The summed E-state index contributed by atoms with van der Waals surface area (Å²) in [5, 5.41) is 1.68. The Balaban J connectivity index is 5.45. The fourth-order valence-electron chi connectivity index (χ4n) is 5.96. The maximum absolute atomic E-state index is 7.07. The standard InChI is InChI=1S/2C11H22OS.2C8H17.Sn/c2*1-3-4-5-6-7-8-9-10(2)11(12)13;2*1-3-5-7-8-6-4-2;/h2*10H,3-9H2,1-2H3,(H,12,13);2*1,3-8H2,2H3;/q;;;;+2/p-2. The monoisotopic (exact) mass is 748 g/mol. The van der Waals surface area contributed by atoms with Crippen LogP contribution in [0.1, 0.15) is 208 Å². The summed E-state index contributed by atoms with van der Waals surface area (Å²) in [4.78, 5) is 0. The molecule has 0 fully saturated rings. The molecule has 2 nitrogen and oxygen atoms in total. The van der Waals surface area contributed by atoms with Gasteiger partial charge in [0, 0.05) is 0 Å². The molecule has 0 aliphatic heterocycles. The van der Waals surface area contributed by atoms with Gasteiger partial charge in [-0.15, -0.1) is 0 Å². The molecule has 0 rings (SSSR count). The van der Waals surface area contributed by atoms with Crippen LogP contribution in [0.3, 0.4) is 0 Å². The second kappa shape index (κ2) is 31.2. The van der Waals surface area contributed by atoms with Crippen molar-refractivity contribution in [1.82, 2.24) is 0 Å². The fraction of sp³-hybridized carbons (Fsp3) is 0.947. The Morgan fingerprint density at radius 1 is 0.419 bits per heavy atom. The first kappa shape index (κ1) is 43.6. The summed E-state index contributed by atoms with van der Waals surface area (Å²) in [5.74, 6) is 0.646. The number of thiocarbonyl (C=S) groups is 2. The minimum absolute atomic E-state index is 0.323. The molecule has 0 heterocycles. The Hall–Kier alpha value is 0.579. The van der Waals surface area contributed by atoms with Crippen LogP contribution in [0.5, 0.6) is 0 Å². The van der Waals surface area contributed by atoms with Gasteiger partial charge in [-0.05, 0) is 0 Å². The molecule has 0 aromatic rings. The summed E-state index contributed by atoms with van der Waals surface area (Å²) < 4.78 is 16.3. The van der Waals surface area contributed by atoms with E-state index in [1.54, 1.807) is 0 Å². The van der Waals surface area contributed by atoms with E-state index in [2.05, 4.69) is 41.5 Å². The van der Waals surface area contributed by atoms with E-state index in [-0.39, 0.29) is 0 Å². The molecule has 2 atom stereocenters. The summed E-state index contributed by atoms with van der Waals surface area (Å²) in [6.45, 7) is 13.7. The van der Waals surface area contributed by atoms with Crippen LogP contribution in [0.15, 0.2) is 0 Å². The number of unbranched alkanes of at least 4 members (excludes halogenated alkanes) is 20. The summed E-state index contributed by atoms with van der Waals surface area (Å²) in [6.07, 6.45) is 33.8. The van der Waals surface area contributed by atoms with Crippen LogP contribution in [0.2, 0.25) is 8.87 Å². The van der Waals surface area contributed by atoms with Crippen LogP contribution in [-0.2, 0) is 6.15 Å². The zero-order chi connectivity index (χ0) is 32.0. The molecular formula is C38H76O2S2Sn. The minimum atomic E-state index is -3.57. The Morgan fingerprint density at radius 3 is 0.977 bits per heavy atom. The summed E-state index contributed by atoms with van der Waals surface area (Å²) >= 11 is 8.56. The van der Waals surface area contributed by atoms with Crippen LogP contribution >= 0.6 is 24.4 Å². The van der Waals surface area contributed by atoms with Crippen molar-refractivity contribution in [3.63, 3.8) is 0 Å². The quantitative estimate of drug-likeness (QED) is 0.0387. The third-order valence-corrected chi connectivity index (χ3v) is 20.7. The van der Waals surface area contributed by atoms with E-state index in [1.807, 2.05) is 0 Å². The Kier molecular flexibility index (Phi) is 31.6. The first-order valence-electron chi connectivity index (χ1n) is 19.3. The third kappa shape index (κ3) is 25.4. The van der Waals surface area contributed by atoms with Gasteiger partial charge in [-0.2, -0.15) is 0 Å². The first-order valence-corrected chi connectivity index (χ1v) is 26.5. The Labute approximate surface area is 287 Å². The molecule has 0 radical (unpaired) electrons. The van der Waals surface area contributed by atoms with Gasteiger partial charge in [0.1, 0.15) is 0 Å². The van der Waals surface area contributed by atoms with Crippen LogP contribution in [0.4, 0.5) is 0 Å². The normalized spacial score (nSPS) is 13.2. The average Bonchev–Trinajstić information content (AvgIpc) is 2.99. The van der Waals surface area contributed by atoms with E-state index in [9.17, 15) is 0 Å². The van der Waals surface area contributed by atoms with Gasteiger partial charge in [0.15, 0.2) is 0 Å². The molecule has 256 valence electrons. The molecule has 0 aliphatic rings. The number of hydrogen-bond acceptors (Lipinski definition) is 4. The fourth-order valence-corrected chi connectivity index (χ4v) is 18.0. The molecule has 0 amide bonds. The van der Waals surface area contributed by atoms with Crippen LogP contribution < -0.4 is 0 Å². The zero-order valence-corrected chi connectivity index (χ0v) is 34.6. The maximum atomic E-state index is 7.07. The van der Waals surface area contributed by atoms with Gasteiger partial charge in [-0.3, -0.25) is 0 Å². The van der Waals surface area contributed by atoms with Gasteiger partial charge < -0.3 is 0 Å². The van der Waals surface area contributed by atoms with E-state index in [1.165, 1.54) is 154 Å². The Bertz CT molecular complexity index is 587. The topological polar surface area (TPSA) is 18.5 Å².